The maximum atomic E-state index is 15.6. The lowest BCUT2D eigenvalue weighted by Gasteiger charge is -2.34. The van der Waals surface area contributed by atoms with Gasteiger partial charge >= 0.3 is 12.1 Å². The third-order valence-electron chi connectivity index (χ3n) is 15.8. The van der Waals surface area contributed by atoms with Crippen LogP contribution in [0.3, 0.4) is 0 Å². The van der Waals surface area contributed by atoms with Crippen molar-refractivity contribution in [2.24, 2.45) is 35.1 Å². The summed E-state index contributed by atoms with van der Waals surface area (Å²) in [6, 6.07) is -6.36. The number of cyclic esters (lactones) is 1. The third kappa shape index (κ3) is 28.4. The number of carbonyl (C=O) groups excluding carboxylic acids is 13. The van der Waals surface area contributed by atoms with Gasteiger partial charge in [-0.25, -0.2) is 9.59 Å². The van der Waals surface area contributed by atoms with Crippen molar-refractivity contribution in [3.8, 4) is 5.75 Å². The Kier molecular flexibility index (Phi) is 34.3. The lowest BCUT2D eigenvalue weighted by molar-refractivity contribution is -0.159. The monoisotopic (exact) mass is 1430 g/mol. The molecule has 35 heteroatoms. The molecule has 0 aromatic heterocycles. The molecule has 2 unspecified atom stereocenters. The standard InChI is InChI=1S/C66H103N15O20/c1-13-34(8)45-59(94)79-46(35(9)83)58(93)71-29-44(85)77-48(51(87)53(67)88)61(96)75-43(30-82)63(98)100-52(37-18-15-14-16-19-37)49(81-57(92)41(27-32(4)5)73-56(91)42(76-65(99)101-66(10,11)12)28-36-21-23-38(84)24-22-36)62(97)80-47(50(86)33(6)7)60(95)74-40(26-31(2)3)55(90)72-39(54(89)78-45)20-17-25-70-64(68)69/h14-16,18-19,21-24,31-35,39-43,45-52,82-84,86-87H,13,17,20,25-30H2,1-12H3,(H2,67,88)(H,71,93)(H,72,90)(H,73,91)(H,74,95)(H,75,96)(H,76,99)(H,77,85)(H,78,89)(H,79,94)(H,80,97)(H,81,92)(H4,68,69,70)/t34-,35-,39+,40-,41-,42+,43-,45?,46?,47-,48-,49-,50+,51-,52+/m0/s1. The minimum Gasteiger partial charge on any atom is -0.508 e. The first kappa shape index (κ1) is 85.5. The van der Waals surface area contributed by atoms with Crippen LogP contribution in [-0.2, 0) is 73.4 Å². The number of rotatable bonds is 24. The molecule has 1 heterocycles. The zero-order chi connectivity index (χ0) is 76.3. The average Bonchev–Trinajstić information content (AvgIpc) is 0.813. The van der Waals surface area contributed by atoms with Gasteiger partial charge in [-0.05, 0) is 100 Å². The van der Waals surface area contributed by atoms with Gasteiger partial charge in [0.15, 0.2) is 24.2 Å². The van der Waals surface area contributed by atoms with Crippen molar-refractivity contribution < 1.29 is 97.3 Å². The number of guanidine groups is 1. The summed E-state index contributed by atoms with van der Waals surface area (Å²) in [5.41, 5.74) is 10.1. The van der Waals surface area contributed by atoms with Gasteiger partial charge in [0.2, 0.25) is 65.0 Å². The highest BCUT2D eigenvalue weighted by Gasteiger charge is 2.44. The maximum absolute atomic E-state index is 15.6. The second kappa shape index (κ2) is 40.5. The number of aromatic hydroxyl groups is 1. The summed E-state index contributed by atoms with van der Waals surface area (Å²) in [6.45, 7) is 16.1. The van der Waals surface area contributed by atoms with Crippen LogP contribution >= 0.6 is 0 Å². The summed E-state index contributed by atoms with van der Waals surface area (Å²) in [5, 5.41) is 91.1. The molecular weight excluding hydrogens is 1320 g/mol. The summed E-state index contributed by atoms with van der Waals surface area (Å²) < 4.78 is 11.4. The Morgan fingerprint density at radius 2 is 1.23 bits per heavy atom. The maximum Gasteiger partial charge on any atom is 0.408 e. The van der Waals surface area contributed by atoms with E-state index < -0.39 is 210 Å². The first-order valence-electron chi connectivity index (χ1n) is 33.2. The first-order chi connectivity index (χ1) is 47.2. The molecule has 1 aliphatic rings. The van der Waals surface area contributed by atoms with E-state index in [1.807, 2.05) is 10.6 Å². The number of aliphatic hydroxyl groups is 4. The van der Waals surface area contributed by atoms with Crippen molar-refractivity contribution in [1.29, 1.82) is 5.41 Å². The van der Waals surface area contributed by atoms with Crippen LogP contribution in [0.5, 0.6) is 5.75 Å². The Bertz CT molecular complexity index is 3190. The second-order valence-electron chi connectivity index (χ2n) is 26.9. The predicted molar refractivity (Wildman–Crippen MR) is 363 cm³/mol. The Balaban J connectivity index is 2.45. The predicted octanol–water partition coefficient (Wildman–Crippen LogP) is -3.76. The van der Waals surface area contributed by atoms with E-state index in [2.05, 4.69) is 53.2 Å². The Morgan fingerprint density at radius 1 is 0.663 bits per heavy atom. The van der Waals surface area contributed by atoms with E-state index in [0.29, 0.717) is 5.56 Å². The summed E-state index contributed by atoms with van der Waals surface area (Å²) in [5.74, 6) is -18.4. The van der Waals surface area contributed by atoms with E-state index in [0.717, 1.165) is 6.92 Å². The van der Waals surface area contributed by atoms with Crippen LogP contribution in [0.1, 0.15) is 132 Å². The van der Waals surface area contributed by atoms with Gasteiger partial charge in [0, 0.05) is 13.0 Å². The molecule has 0 saturated carbocycles. The number of aliphatic hydroxyl groups excluding tert-OH is 4. The Morgan fingerprint density at radius 3 is 1.77 bits per heavy atom. The molecule has 1 aliphatic heterocycles. The molecule has 562 valence electrons. The zero-order valence-electron chi connectivity index (χ0n) is 59.0. The fourth-order valence-electron chi connectivity index (χ4n) is 10.2. The van der Waals surface area contributed by atoms with Crippen molar-refractivity contribution >= 4 is 83.0 Å². The van der Waals surface area contributed by atoms with Crippen LogP contribution in [-0.4, -0.2) is 213 Å². The number of hydrogen-bond acceptors (Lipinski definition) is 21. The third-order valence-corrected chi connectivity index (χ3v) is 15.8. The van der Waals surface area contributed by atoms with Gasteiger partial charge in [0.25, 0.3) is 0 Å². The van der Waals surface area contributed by atoms with E-state index in [9.17, 15) is 73.5 Å². The largest absolute Gasteiger partial charge is 0.508 e. The molecule has 2 aromatic rings. The number of carbonyl (C=O) groups is 13. The molecule has 12 amide bonds. The number of benzene rings is 2. The lowest BCUT2D eigenvalue weighted by Crippen LogP contribution is -2.64. The molecule has 101 heavy (non-hydrogen) atoms. The van der Waals surface area contributed by atoms with Crippen LogP contribution in [0.15, 0.2) is 54.6 Å². The molecule has 0 bridgehead atoms. The fourth-order valence-corrected chi connectivity index (χ4v) is 10.2. The molecule has 15 atom stereocenters. The number of ether oxygens (including phenoxy) is 2. The number of esters is 1. The minimum atomic E-state index is -2.62. The van der Waals surface area contributed by atoms with Gasteiger partial charge in [0.05, 0.1) is 25.4 Å². The number of phenolic OH excluding ortho intramolecular Hbond substituents is 1. The number of alkyl carbamates (subject to hydrolysis) is 1. The average molecular weight is 1430 g/mol. The fraction of sp³-hybridized carbons (Fsp3) is 0.606. The molecule has 1 saturated heterocycles. The van der Waals surface area contributed by atoms with E-state index in [1.54, 1.807) is 62.3 Å². The molecular formula is C66H103N15O20. The van der Waals surface area contributed by atoms with E-state index in [-0.39, 0.29) is 56.4 Å². The summed E-state index contributed by atoms with van der Waals surface area (Å²) in [7, 11) is 0. The lowest BCUT2D eigenvalue weighted by atomic mass is 9.95. The molecule has 0 aliphatic carbocycles. The molecule has 22 N–H and O–H groups in total. The minimum absolute atomic E-state index is 0.00956. The molecule has 3 rings (SSSR count). The number of nitrogens with two attached hydrogens (primary N) is 2. The summed E-state index contributed by atoms with van der Waals surface area (Å²) >= 11 is 0. The number of nitrogens with one attached hydrogen (secondary N) is 13. The van der Waals surface area contributed by atoms with Gasteiger partial charge < -0.3 is 110 Å². The highest BCUT2D eigenvalue weighted by molar-refractivity contribution is 6.00. The van der Waals surface area contributed by atoms with Gasteiger partial charge in [-0.15, -0.1) is 0 Å². The quantitative estimate of drug-likeness (QED) is 0.0208. The van der Waals surface area contributed by atoms with Gasteiger partial charge in [-0.2, -0.15) is 0 Å². The number of hydrogen-bond donors (Lipinski definition) is 20. The summed E-state index contributed by atoms with van der Waals surface area (Å²) in [4.78, 5) is 186. The van der Waals surface area contributed by atoms with Crippen molar-refractivity contribution in [2.75, 3.05) is 19.7 Å². The molecule has 1 fully saturated rings. The van der Waals surface area contributed by atoms with Crippen LogP contribution < -0.4 is 75.3 Å². The van der Waals surface area contributed by atoms with Crippen molar-refractivity contribution in [3.05, 3.63) is 65.7 Å². The normalized spacial score (nSPS) is 23.3. The molecule has 0 spiro atoms. The number of amides is 12. The molecule has 35 nitrogen and oxygen atoms in total. The number of primary amides is 1. The van der Waals surface area contributed by atoms with Crippen molar-refractivity contribution in [2.45, 2.75) is 212 Å². The first-order valence-corrected chi connectivity index (χ1v) is 33.2. The highest BCUT2D eigenvalue weighted by Crippen LogP contribution is 2.25. The van der Waals surface area contributed by atoms with Crippen LogP contribution in [0.4, 0.5) is 4.79 Å². The molecule has 2 aromatic carbocycles. The van der Waals surface area contributed by atoms with Gasteiger partial charge in [-0.1, -0.05) is 104 Å². The van der Waals surface area contributed by atoms with Crippen molar-refractivity contribution in [1.82, 2.24) is 63.8 Å². The van der Waals surface area contributed by atoms with E-state index in [4.69, 9.17) is 26.4 Å². The van der Waals surface area contributed by atoms with Gasteiger partial charge in [0.1, 0.15) is 65.7 Å². The smallest absolute Gasteiger partial charge is 0.408 e. The second-order valence-corrected chi connectivity index (χ2v) is 26.9. The summed E-state index contributed by atoms with van der Waals surface area (Å²) in [6.07, 6.45) is -10.0. The van der Waals surface area contributed by atoms with Crippen LogP contribution in [0.25, 0.3) is 0 Å². The zero-order valence-corrected chi connectivity index (χ0v) is 59.0. The van der Waals surface area contributed by atoms with Gasteiger partial charge in [-0.3, -0.25) is 58.1 Å². The number of phenols is 1. The highest BCUT2D eigenvalue weighted by atomic mass is 16.6. The Hall–Kier alpha value is -9.74. The van der Waals surface area contributed by atoms with Crippen LogP contribution in [0.2, 0.25) is 0 Å². The Labute approximate surface area is 585 Å². The van der Waals surface area contributed by atoms with E-state index >= 15 is 14.4 Å². The van der Waals surface area contributed by atoms with Crippen molar-refractivity contribution in [3.63, 3.8) is 0 Å². The van der Waals surface area contributed by atoms with E-state index in [1.165, 1.54) is 68.4 Å². The van der Waals surface area contributed by atoms with Crippen LogP contribution in [0, 0.1) is 29.1 Å². The topological polar surface area (TPSA) is 562 Å². The SMILES string of the molecule is CC[C@H](C)C1NC(=O)[C@@H](CCCNC(=N)N)NC(=O)[C@H](CC(C)C)NC(=O)[C@H]([C@H](O)C(C)C)NC(=O)[C@@H](NC(=O)[C@H](CC(C)C)NC(=O)[C@@H](Cc2ccc(O)cc2)NC(=O)OC(C)(C)C)[C@@H](c2ccccc2)OC(=O)[C@H](CO)NC(=O)[C@H]([C@H](O)C(N)=O)NC(=O)CNC(=O)C([C@H](C)O)NC1=O. The molecule has 0 radical (unpaired) electrons.